The zero-order valence-corrected chi connectivity index (χ0v) is 7.54. The molecule has 0 bridgehead atoms. The molecule has 0 saturated heterocycles. The van der Waals surface area contributed by atoms with Crippen LogP contribution in [0.4, 0.5) is 0 Å². The first-order valence-electron chi connectivity index (χ1n) is 4.11. The van der Waals surface area contributed by atoms with Gasteiger partial charge in [0.2, 0.25) is 0 Å². The van der Waals surface area contributed by atoms with E-state index in [9.17, 15) is 5.11 Å². The van der Waals surface area contributed by atoms with Crippen LogP contribution in [0.25, 0.3) is 0 Å². The Hall–Kier alpha value is -0.860. The van der Waals surface area contributed by atoms with Gasteiger partial charge in [-0.15, -0.1) is 0 Å². The molecular weight excluding hydrogens is 150 g/mol. The molecule has 1 atom stereocenters. The van der Waals surface area contributed by atoms with E-state index in [1.807, 2.05) is 32.0 Å². The highest BCUT2D eigenvalue weighted by molar-refractivity contribution is 5.35. The Kier molecular flexibility index (Phi) is 2.84. The second-order valence-corrected chi connectivity index (χ2v) is 3.06. The van der Waals surface area contributed by atoms with Gasteiger partial charge >= 0.3 is 0 Å². The van der Waals surface area contributed by atoms with Crippen LogP contribution in [0.2, 0.25) is 0 Å². The second-order valence-electron chi connectivity index (χ2n) is 3.06. The van der Waals surface area contributed by atoms with Crippen LogP contribution in [0.5, 0.6) is 0 Å². The minimum Gasteiger partial charge on any atom is -0.387 e. The number of nitrogens with two attached hydrogens (primary N) is 1. The third-order valence-electron chi connectivity index (χ3n) is 2.10. The van der Waals surface area contributed by atoms with E-state index in [2.05, 4.69) is 0 Å². The maximum Gasteiger partial charge on any atom is 0.0917 e. The molecule has 66 valence electrons. The third kappa shape index (κ3) is 1.65. The lowest BCUT2D eigenvalue weighted by atomic mass is 9.98. The topological polar surface area (TPSA) is 46.2 Å². The van der Waals surface area contributed by atoms with Crippen molar-refractivity contribution < 1.29 is 5.11 Å². The summed E-state index contributed by atoms with van der Waals surface area (Å²) < 4.78 is 0. The SMILES string of the molecule is Cc1cccc(C)c1[C@H](O)CN. The van der Waals surface area contributed by atoms with Crippen LogP contribution in [-0.2, 0) is 0 Å². The zero-order chi connectivity index (χ0) is 9.14. The zero-order valence-electron chi connectivity index (χ0n) is 7.54. The van der Waals surface area contributed by atoms with Crippen LogP contribution in [0.3, 0.4) is 0 Å². The Morgan fingerprint density at radius 2 is 1.83 bits per heavy atom. The molecule has 3 N–H and O–H groups in total. The average Bonchev–Trinajstić information content (AvgIpc) is 2.03. The molecule has 0 aliphatic carbocycles. The van der Waals surface area contributed by atoms with E-state index < -0.39 is 6.10 Å². The average molecular weight is 165 g/mol. The van der Waals surface area contributed by atoms with Crippen molar-refractivity contribution in [1.82, 2.24) is 0 Å². The highest BCUT2D eigenvalue weighted by Crippen LogP contribution is 2.20. The Labute approximate surface area is 73.0 Å². The molecule has 1 aromatic rings. The summed E-state index contributed by atoms with van der Waals surface area (Å²) in [6.45, 7) is 4.26. The molecule has 1 aromatic carbocycles. The van der Waals surface area contributed by atoms with Crippen molar-refractivity contribution in [3.63, 3.8) is 0 Å². The van der Waals surface area contributed by atoms with Crippen LogP contribution in [0.1, 0.15) is 22.8 Å². The predicted octanol–water partition coefficient (Wildman–Crippen LogP) is 1.30. The molecule has 0 aromatic heterocycles. The quantitative estimate of drug-likeness (QED) is 0.693. The Morgan fingerprint density at radius 3 is 2.25 bits per heavy atom. The van der Waals surface area contributed by atoms with E-state index in [0.717, 1.165) is 16.7 Å². The van der Waals surface area contributed by atoms with Gasteiger partial charge in [-0.25, -0.2) is 0 Å². The van der Waals surface area contributed by atoms with E-state index in [-0.39, 0.29) is 6.54 Å². The molecule has 1 rings (SSSR count). The third-order valence-corrected chi connectivity index (χ3v) is 2.10. The standard InChI is InChI=1S/C10H15NO/c1-7-4-3-5-8(2)10(7)9(12)6-11/h3-5,9,12H,6,11H2,1-2H3/t9-/m1/s1. The van der Waals surface area contributed by atoms with Gasteiger partial charge in [-0.05, 0) is 30.5 Å². The summed E-state index contributed by atoms with van der Waals surface area (Å²) in [5.41, 5.74) is 8.57. The van der Waals surface area contributed by atoms with Gasteiger partial charge in [-0.3, -0.25) is 0 Å². The number of aryl methyl sites for hydroxylation is 2. The van der Waals surface area contributed by atoms with Crippen LogP contribution in [0.15, 0.2) is 18.2 Å². The van der Waals surface area contributed by atoms with E-state index in [0.29, 0.717) is 0 Å². The normalized spacial score (nSPS) is 13.0. The van der Waals surface area contributed by atoms with Gasteiger partial charge < -0.3 is 10.8 Å². The lowest BCUT2D eigenvalue weighted by Gasteiger charge is -2.14. The summed E-state index contributed by atoms with van der Waals surface area (Å²) in [5.74, 6) is 0. The molecule has 2 heteroatoms. The summed E-state index contributed by atoms with van der Waals surface area (Å²) in [5, 5.41) is 9.57. The molecule has 0 aliphatic heterocycles. The van der Waals surface area contributed by atoms with Crippen LogP contribution >= 0.6 is 0 Å². The van der Waals surface area contributed by atoms with Gasteiger partial charge in [-0.2, -0.15) is 0 Å². The number of aliphatic hydroxyl groups is 1. The molecule has 0 heterocycles. The number of benzene rings is 1. The second kappa shape index (κ2) is 3.70. The van der Waals surface area contributed by atoms with Gasteiger partial charge in [0.15, 0.2) is 0 Å². The van der Waals surface area contributed by atoms with Gasteiger partial charge in [0.25, 0.3) is 0 Å². The fourth-order valence-corrected chi connectivity index (χ4v) is 1.47. The molecule has 2 nitrogen and oxygen atoms in total. The highest BCUT2D eigenvalue weighted by atomic mass is 16.3. The van der Waals surface area contributed by atoms with Crippen molar-refractivity contribution in [1.29, 1.82) is 0 Å². The first kappa shape index (κ1) is 9.23. The summed E-state index contributed by atoms with van der Waals surface area (Å²) in [6.07, 6.45) is -0.522. The van der Waals surface area contributed by atoms with Gasteiger partial charge in [0, 0.05) is 6.54 Å². The van der Waals surface area contributed by atoms with E-state index in [1.165, 1.54) is 0 Å². The Morgan fingerprint density at radius 1 is 1.33 bits per heavy atom. The summed E-state index contributed by atoms with van der Waals surface area (Å²) in [6, 6.07) is 5.96. The molecule has 0 amide bonds. The fourth-order valence-electron chi connectivity index (χ4n) is 1.47. The predicted molar refractivity (Wildman–Crippen MR) is 49.9 cm³/mol. The number of hydrogen-bond acceptors (Lipinski definition) is 2. The van der Waals surface area contributed by atoms with Crippen molar-refractivity contribution >= 4 is 0 Å². The fraction of sp³-hybridized carbons (Fsp3) is 0.400. The molecule has 0 unspecified atom stereocenters. The molecule has 0 aliphatic rings. The summed E-state index contributed by atoms with van der Waals surface area (Å²) >= 11 is 0. The van der Waals surface area contributed by atoms with Crippen molar-refractivity contribution in [2.24, 2.45) is 5.73 Å². The minimum atomic E-state index is -0.522. The molecule has 0 fully saturated rings. The van der Waals surface area contributed by atoms with Crippen LogP contribution in [-0.4, -0.2) is 11.7 Å². The number of rotatable bonds is 2. The van der Waals surface area contributed by atoms with E-state index in [1.54, 1.807) is 0 Å². The smallest absolute Gasteiger partial charge is 0.0917 e. The van der Waals surface area contributed by atoms with Crippen LogP contribution in [0, 0.1) is 13.8 Å². The molecule has 12 heavy (non-hydrogen) atoms. The minimum absolute atomic E-state index is 0.283. The first-order valence-corrected chi connectivity index (χ1v) is 4.11. The molecular formula is C10H15NO. The summed E-state index contributed by atoms with van der Waals surface area (Å²) in [7, 11) is 0. The molecule has 0 saturated carbocycles. The largest absolute Gasteiger partial charge is 0.387 e. The first-order chi connectivity index (χ1) is 5.66. The summed E-state index contributed by atoms with van der Waals surface area (Å²) in [4.78, 5) is 0. The van der Waals surface area contributed by atoms with Crippen molar-refractivity contribution in [3.05, 3.63) is 34.9 Å². The monoisotopic (exact) mass is 165 g/mol. The highest BCUT2D eigenvalue weighted by Gasteiger charge is 2.09. The number of hydrogen-bond donors (Lipinski definition) is 2. The Balaban J connectivity index is 3.12. The maximum absolute atomic E-state index is 9.57. The maximum atomic E-state index is 9.57. The van der Waals surface area contributed by atoms with Gasteiger partial charge in [-0.1, -0.05) is 18.2 Å². The molecule has 0 spiro atoms. The van der Waals surface area contributed by atoms with Crippen molar-refractivity contribution in [2.75, 3.05) is 6.54 Å². The lowest BCUT2D eigenvalue weighted by Crippen LogP contribution is -2.13. The van der Waals surface area contributed by atoms with Gasteiger partial charge in [0.05, 0.1) is 6.10 Å². The van der Waals surface area contributed by atoms with E-state index in [4.69, 9.17) is 5.73 Å². The number of aliphatic hydroxyl groups excluding tert-OH is 1. The Bertz CT molecular complexity index is 250. The van der Waals surface area contributed by atoms with E-state index >= 15 is 0 Å². The van der Waals surface area contributed by atoms with Crippen LogP contribution < -0.4 is 5.73 Å². The molecule has 0 radical (unpaired) electrons. The van der Waals surface area contributed by atoms with Crippen molar-refractivity contribution in [3.8, 4) is 0 Å². The lowest BCUT2D eigenvalue weighted by molar-refractivity contribution is 0.185. The van der Waals surface area contributed by atoms with Gasteiger partial charge in [0.1, 0.15) is 0 Å². The van der Waals surface area contributed by atoms with Crippen molar-refractivity contribution in [2.45, 2.75) is 20.0 Å².